The number of carbonyl (C=O) groups is 2. The van der Waals surface area contributed by atoms with Gasteiger partial charge in [0.15, 0.2) is 0 Å². The summed E-state index contributed by atoms with van der Waals surface area (Å²) in [4.78, 5) is 23.2. The average molecular weight is 312 g/mol. The van der Waals surface area contributed by atoms with Crippen LogP contribution in [0.3, 0.4) is 0 Å². The van der Waals surface area contributed by atoms with E-state index in [4.69, 9.17) is 9.68 Å². The summed E-state index contributed by atoms with van der Waals surface area (Å²) in [7, 11) is 0. The predicted octanol–water partition coefficient (Wildman–Crippen LogP) is 0.996. The van der Waals surface area contributed by atoms with Crippen LogP contribution in [0.2, 0.25) is 0 Å². The van der Waals surface area contributed by atoms with Gasteiger partial charge in [-0.25, -0.2) is 0 Å². The molecule has 118 valence electrons. The first-order valence-corrected chi connectivity index (χ1v) is 6.97. The zero-order valence-corrected chi connectivity index (χ0v) is 12.3. The van der Waals surface area contributed by atoms with Crippen LogP contribution < -0.4 is 16.0 Å². The molecule has 2 aromatic rings. The molecule has 2 amide bonds. The Morgan fingerprint density at radius 1 is 1.04 bits per heavy atom. The van der Waals surface area contributed by atoms with Crippen molar-refractivity contribution in [1.82, 2.24) is 10.6 Å². The molecule has 0 fully saturated rings. The topological polar surface area (TPSA) is 107 Å². The number of hydrogen-bond donors (Lipinski definition) is 3. The molecule has 0 atom stereocenters. The van der Waals surface area contributed by atoms with Crippen molar-refractivity contribution in [3.05, 3.63) is 54.0 Å². The van der Waals surface area contributed by atoms with Crippen LogP contribution in [0, 0.1) is 11.3 Å². The van der Waals surface area contributed by atoms with E-state index in [1.54, 1.807) is 36.4 Å². The van der Waals surface area contributed by atoms with E-state index >= 15 is 0 Å². The highest BCUT2D eigenvalue weighted by Crippen LogP contribution is 2.07. The first kappa shape index (κ1) is 16.1. The molecular weight excluding hydrogens is 296 g/mol. The van der Waals surface area contributed by atoms with Crippen molar-refractivity contribution in [2.24, 2.45) is 0 Å². The molecular formula is C16H16N4O3. The molecule has 1 heterocycles. The first-order valence-electron chi connectivity index (χ1n) is 6.97. The molecule has 3 N–H and O–H groups in total. The lowest BCUT2D eigenvalue weighted by Gasteiger charge is -2.08. The zero-order chi connectivity index (χ0) is 16.5. The number of benzene rings is 1. The third-order valence-corrected chi connectivity index (χ3v) is 2.95. The Labute approximate surface area is 133 Å². The highest BCUT2D eigenvalue weighted by molar-refractivity contribution is 5.86. The fraction of sp³-hybridized carbons (Fsp3) is 0.188. The Kier molecular flexibility index (Phi) is 5.77. The second-order valence-corrected chi connectivity index (χ2v) is 4.68. The molecule has 0 saturated heterocycles. The van der Waals surface area contributed by atoms with Crippen LogP contribution in [-0.4, -0.2) is 24.9 Å². The number of anilines is 1. The molecule has 0 bridgehead atoms. The highest BCUT2D eigenvalue weighted by Gasteiger charge is 2.06. The van der Waals surface area contributed by atoms with Crippen molar-refractivity contribution < 1.29 is 14.0 Å². The number of furan rings is 1. The lowest BCUT2D eigenvalue weighted by Crippen LogP contribution is -2.38. The molecule has 0 aliphatic rings. The van der Waals surface area contributed by atoms with Crippen molar-refractivity contribution in [2.75, 3.05) is 18.4 Å². The Bertz CT molecular complexity index is 687. The predicted molar refractivity (Wildman–Crippen MR) is 83.2 cm³/mol. The molecule has 2 rings (SSSR count). The normalized spacial score (nSPS) is 9.70. The first-order chi connectivity index (χ1) is 11.2. The Balaban J connectivity index is 1.64. The molecule has 7 heteroatoms. The summed E-state index contributed by atoms with van der Waals surface area (Å²) in [5.41, 5.74) is 1.27. The summed E-state index contributed by atoms with van der Waals surface area (Å²) < 4.78 is 5.08. The van der Waals surface area contributed by atoms with Gasteiger partial charge in [0.05, 0.1) is 37.5 Å². The number of nitrogens with one attached hydrogen (secondary N) is 3. The van der Waals surface area contributed by atoms with Gasteiger partial charge in [0.1, 0.15) is 5.76 Å². The third-order valence-electron chi connectivity index (χ3n) is 2.95. The molecule has 0 radical (unpaired) electrons. The van der Waals surface area contributed by atoms with Gasteiger partial charge in [0, 0.05) is 5.69 Å². The van der Waals surface area contributed by atoms with Crippen molar-refractivity contribution in [3.63, 3.8) is 0 Å². The molecule has 23 heavy (non-hydrogen) atoms. The van der Waals surface area contributed by atoms with Crippen LogP contribution in [0.4, 0.5) is 5.69 Å². The van der Waals surface area contributed by atoms with E-state index in [0.29, 0.717) is 11.3 Å². The molecule has 0 aliphatic heterocycles. The molecule has 0 unspecified atom stereocenters. The average Bonchev–Trinajstić information content (AvgIpc) is 3.10. The van der Waals surface area contributed by atoms with Crippen LogP contribution in [0.5, 0.6) is 0 Å². The summed E-state index contributed by atoms with van der Waals surface area (Å²) in [6, 6.07) is 12.2. The van der Waals surface area contributed by atoms with Crippen LogP contribution in [0.25, 0.3) is 0 Å². The molecule has 0 aliphatic carbocycles. The molecule has 0 saturated carbocycles. The monoisotopic (exact) mass is 312 g/mol. The summed E-state index contributed by atoms with van der Waals surface area (Å²) >= 11 is 0. The number of rotatable bonds is 7. The fourth-order valence-corrected chi connectivity index (χ4v) is 1.75. The number of amides is 2. The minimum atomic E-state index is -0.303. The minimum Gasteiger partial charge on any atom is -0.467 e. The zero-order valence-electron chi connectivity index (χ0n) is 12.3. The Hall–Kier alpha value is -3.27. The van der Waals surface area contributed by atoms with Crippen molar-refractivity contribution in [1.29, 1.82) is 5.26 Å². The number of nitriles is 1. The maximum absolute atomic E-state index is 11.7. The van der Waals surface area contributed by atoms with E-state index < -0.39 is 0 Å². The maximum Gasteiger partial charge on any atom is 0.239 e. The second kappa shape index (κ2) is 8.24. The van der Waals surface area contributed by atoms with E-state index in [1.807, 2.05) is 6.07 Å². The van der Waals surface area contributed by atoms with Crippen molar-refractivity contribution >= 4 is 17.5 Å². The van der Waals surface area contributed by atoms with Gasteiger partial charge < -0.3 is 20.4 Å². The van der Waals surface area contributed by atoms with Crippen LogP contribution in [-0.2, 0) is 16.1 Å². The van der Waals surface area contributed by atoms with E-state index in [1.165, 1.54) is 6.26 Å². The van der Waals surface area contributed by atoms with E-state index in [-0.39, 0.29) is 31.4 Å². The number of nitrogens with zero attached hydrogens (tertiary/aromatic N) is 1. The smallest absolute Gasteiger partial charge is 0.239 e. The minimum absolute atomic E-state index is 0.0391. The fourth-order valence-electron chi connectivity index (χ4n) is 1.75. The van der Waals surface area contributed by atoms with E-state index in [9.17, 15) is 9.59 Å². The van der Waals surface area contributed by atoms with Crippen LogP contribution >= 0.6 is 0 Å². The van der Waals surface area contributed by atoms with Crippen LogP contribution in [0.1, 0.15) is 11.3 Å². The lowest BCUT2D eigenvalue weighted by molar-refractivity contribution is -0.125. The molecule has 1 aromatic carbocycles. The Morgan fingerprint density at radius 2 is 1.78 bits per heavy atom. The standard InChI is InChI=1S/C16H16N4O3/c17-8-12-3-5-13(6-4-12)18-10-15(21)20-11-16(22)19-9-14-2-1-7-23-14/h1-7,18H,9-11H2,(H,19,22)(H,20,21). The van der Waals surface area contributed by atoms with E-state index in [2.05, 4.69) is 16.0 Å². The molecule has 1 aromatic heterocycles. The number of hydrogen-bond acceptors (Lipinski definition) is 5. The quantitative estimate of drug-likeness (QED) is 0.707. The SMILES string of the molecule is N#Cc1ccc(NCC(=O)NCC(=O)NCc2ccco2)cc1. The molecule has 0 spiro atoms. The lowest BCUT2D eigenvalue weighted by atomic mass is 10.2. The van der Waals surface area contributed by atoms with Gasteiger partial charge in [-0.3, -0.25) is 9.59 Å². The van der Waals surface area contributed by atoms with Gasteiger partial charge in [-0.15, -0.1) is 0 Å². The van der Waals surface area contributed by atoms with Gasteiger partial charge in [-0.1, -0.05) is 0 Å². The summed E-state index contributed by atoms with van der Waals surface area (Å²) in [5.74, 6) is 0.0443. The van der Waals surface area contributed by atoms with Gasteiger partial charge in [0.25, 0.3) is 0 Å². The van der Waals surface area contributed by atoms with Crippen molar-refractivity contribution in [2.45, 2.75) is 6.54 Å². The number of carbonyl (C=O) groups excluding carboxylic acids is 2. The van der Waals surface area contributed by atoms with Gasteiger partial charge in [-0.05, 0) is 36.4 Å². The van der Waals surface area contributed by atoms with E-state index in [0.717, 1.165) is 5.69 Å². The van der Waals surface area contributed by atoms with Gasteiger partial charge >= 0.3 is 0 Å². The Morgan fingerprint density at radius 3 is 2.43 bits per heavy atom. The summed E-state index contributed by atoms with van der Waals surface area (Å²) in [6.45, 7) is 0.219. The molecule has 7 nitrogen and oxygen atoms in total. The van der Waals surface area contributed by atoms with Gasteiger partial charge in [-0.2, -0.15) is 5.26 Å². The third kappa shape index (κ3) is 5.55. The second-order valence-electron chi connectivity index (χ2n) is 4.68. The highest BCUT2D eigenvalue weighted by atomic mass is 16.3. The van der Waals surface area contributed by atoms with Crippen LogP contribution in [0.15, 0.2) is 47.1 Å². The largest absolute Gasteiger partial charge is 0.467 e. The summed E-state index contributed by atoms with van der Waals surface area (Å²) in [6.07, 6.45) is 1.53. The maximum atomic E-state index is 11.7. The van der Waals surface area contributed by atoms with Gasteiger partial charge in [0.2, 0.25) is 11.8 Å². The summed E-state index contributed by atoms with van der Waals surface area (Å²) in [5, 5.41) is 16.7. The van der Waals surface area contributed by atoms with Crippen molar-refractivity contribution in [3.8, 4) is 6.07 Å².